The minimum absolute atomic E-state index is 0.0200. The van der Waals surface area contributed by atoms with E-state index in [1.54, 1.807) is 0 Å². The van der Waals surface area contributed by atoms with E-state index in [-0.39, 0.29) is 22.6 Å². The van der Waals surface area contributed by atoms with E-state index in [0.717, 1.165) is 0 Å². The Morgan fingerprint density at radius 1 is 1.11 bits per heavy atom. The lowest BCUT2D eigenvalue weighted by Gasteiger charge is -2.11. The molecular weight excluding hydrogens is 250 g/mol. The van der Waals surface area contributed by atoms with E-state index in [0.29, 0.717) is 5.56 Å². The summed E-state index contributed by atoms with van der Waals surface area (Å²) in [6.07, 6.45) is 0. The van der Waals surface area contributed by atoms with Crippen LogP contribution in [0.3, 0.4) is 0 Å². The third kappa shape index (κ3) is 2.52. The zero-order valence-corrected chi connectivity index (χ0v) is 9.57. The van der Waals surface area contributed by atoms with Crippen molar-refractivity contribution in [1.82, 2.24) is 0 Å². The molecule has 0 aliphatic carbocycles. The van der Waals surface area contributed by atoms with Crippen molar-refractivity contribution in [2.45, 2.75) is 0 Å². The fraction of sp³-hybridized carbons (Fsp3) is 0. The molecule has 2 aromatic carbocycles. The Hall–Kier alpha value is -2.89. The van der Waals surface area contributed by atoms with Gasteiger partial charge in [0.1, 0.15) is 0 Å². The topological polar surface area (TPSA) is 104 Å². The molecule has 0 saturated heterocycles. The first-order chi connectivity index (χ1) is 8.99. The Labute approximate surface area is 107 Å². The van der Waals surface area contributed by atoms with Gasteiger partial charge in [-0.1, -0.05) is 12.1 Å². The molecule has 2 rings (SSSR count). The van der Waals surface area contributed by atoms with Gasteiger partial charge in [0.15, 0.2) is 0 Å². The number of benzene rings is 2. The van der Waals surface area contributed by atoms with Gasteiger partial charge in [0, 0.05) is 12.1 Å². The number of carboxylic acids is 1. The summed E-state index contributed by atoms with van der Waals surface area (Å²) in [6.45, 7) is 0. The predicted octanol–water partition coefficient (Wildman–Crippen LogP) is 2.03. The maximum atomic E-state index is 11.3. The van der Waals surface area contributed by atoms with Crippen LogP contribution in [-0.4, -0.2) is 16.0 Å². The van der Waals surface area contributed by atoms with Crippen LogP contribution in [0.2, 0.25) is 0 Å². The molecule has 0 heterocycles. The maximum absolute atomic E-state index is 11.3. The van der Waals surface area contributed by atoms with Gasteiger partial charge in [-0.3, -0.25) is 10.1 Å². The zero-order valence-electron chi connectivity index (χ0n) is 9.57. The second-order valence-corrected chi connectivity index (χ2v) is 3.82. The Morgan fingerprint density at radius 2 is 1.74 bits per heavy atom. The van der Waals surface area contributed by atoms with Gasteiger partial charge in [-0.2, -0.15) is 0 Å². The van der Waals surface area contributed by atoms with Gasteiger partial charge >= 0.3 is 5.97 Å². The van der Waals surface area contributed by atoms with Gasteiger partial charge in [0.05, 0.1) is 10.5 Å². The number of carbonyl (C=O) groups is 1. The highest BCUT2D eigenvalue weighted by molar-refractivity contribution is 5.96. The van der Waals surface area contributed by atoms with Crippen LogP contribution in [0, 0.1) is 10.1 Å². The summed E-state index contributed by atoms with van der Waals surface area (Å²) in [6, 6.07) is 8.94. The van der Waals surface area contributed by atoms with E-state index in [1.165, 1.54) is 42.5 Å². The largest absolute Gasteiger partial charge is 0.872 e. The number of nitrogens with zero attached hydrogens (tertiary/aromatic N) is 1. The van der Waals surface area contributed by atoms with Gasteiger partial charge in [-0.15, -0.1) is 5.75 Å². The molecule has 0 saturated carbocycles. The first-order valence-corrected chi connectivity index (χ1v) is 5.28. The molecule has 0 fully saturated rings. The minimum Gasteiger partial charge on any atom is -0.872 e. The van der Waals surface area contributed by atoms with Gasteiger partial charge in [0.25, 0.3) is 5.69 Å². The van der Waals surface area contributed by atoms with Crippen LogP contribution in [0.15, 0.2) is 42.5 Å². The van der Waals surface area contributed by atoms with Crippen molar-refractivity contribution in [3.63, 3.8) is 0 Å². The van der Waals surface area contributed by atoms with Gasteiger partial charge < -0.3 is 10.2 Å². The fourth-order valence-corrected chi connectivity index (χ4v) is 1.71. The Morgan fingerprint density at radius 3 is 2.26 bits per heavy atom. The number of hydrogen-bond acceptors (Lipinski definition) is 4. The highest BCUT2D eigenvalue weighted by atomic mass is 16.6. The van der Waals surface area contributed by atoms with Crippen LogP contribution in [-0.2, 0) is 0 Å². The normalized spacial score (nSPS) is 10.1. The zero-order chi connectivity index (χ0) is 14.0. The number of nitro groups is 1. The molecule has 19 heavy (non-hydrogen) atoms. The van der Waals surface area contributed by atoms with E-state index >= 15 is 0 Å². The summed E-state index contributed by atoms with van der Waals surface area (Å²) in [5.74, 6) is -1.48. The second-order valence-electron chi connectivity index (χ2n) is 3.82. The van der Waals surface area contributed by atoms with Crippen molar-refractivity contribution < 1.29 is 19.9 Å². The van der Waals surface area contributed by atoms with Gasteiger partial charge in [0.2, 0.25) is 0 Å². The highest BCUT2D eigenvalue weighted by Gasteiger charge is 2.12. The number of non-ortho nitro benzene ring substituents is 1. The fourth-order valence-electron chi connectivity index (χ4n) is 1.71. The second kappa shape index (κ2) is 4.77. The molecule has 2 aromatic rings. The van der Waals surface area contributed by atoms with Crippen molar-refractivity contribution in [1.29, 1.82) is 0 Å². The lowest BCUT2D eigenvalue weighted by atomic mass is 9.99. The van der Waals surface area contributed by atoms with Crippen LogP contribution >= 0.6 is 0 Å². The molecule has 96 valence electrons. The first-order valence-electron chi connectivity index (χ1n) is 5.28. The molecule has 0 atom stereocenters. The molecule has 0 aliphatic rings. The first kappa shape index (κ1) is 12.6. The molecule has 0 bridgehead atoms. The predicted molar refractivity (Wildman–Crippen MR) is 64.9 cm³/mol. The van der Waals surface area contributed by atoms with Crippen LogP contribution in [0.5, 0.6) is 5.75 Å². The van der Waals surface area contributed by atoms with Crippen molar-refractivity contribution in [3.05, 3.63) is 58.1 Å². The standard InChI is InChI=1S/C13H9NO5/c15-10-5-6-11(13(16)17)12(7-10)8-1-3-9(4-2-8)14(18)19/h1-7,15H,(H,16,17)/p-1. The summed E-state index contributed by atoms with van der Waals surface area (Å²) in [5.41, 5.74) is 0.572. The molecule has 0 amide bonds. The Kier molecular flexibility index (Phi) is 3.15. The average Bonchev–Trinajstić information content (AvgIpc) is 2.38. The van der Waals surface area contributed by atoms with Crippen LogP contribution in [0.4, 0.5) is 5.69 Å². The summed E-state index contributed by atoms with van der Waals surface area (Å²) in [7, 11) is 0. The number of aromatic carboxylic acids is 1. The molecule has 0 unspecified atom stereocenters. The molecule has 0 spiro atoms. The Bertz CT molecular complexity index is 649. The van der Waals surface area contributed by atoms with Crippen molar-refractivity contribution in [3.8, 4) is 16.9 Å². The van der Waals surface area contributed by atoms with E-state index in [4.69, 9.17) is 5.11 Å². The third-order valence-corrected chi connectivity index (χ3v) is 2.61. The van der Waals surface area contributed by atoms with Crippen molar-refractivity contribution in [2.75, 3.05) is 0 Å². The molecule has 6 heteroatoms. The maximum Gasteiger partial charge on any atom is 0.336 e. The smallest absolute Gasteiger partial charge is 0.336 e. The Balaban J connectivity index is 2.54. The third-order valence-electron chi connectivity index (χ3n) is 2.61. The van der Waals surface area contributed by atoms with Crippen LogP contribution in [0.25, 0.3) is 11.1 Å². The van der Waals surface area contributed by atoms with E-state index in [2.05, 4.69) is 0 Å². The van der Waals surface area contributed by atoms with Crippen molar-refractivity contribution >= 4 is 11.7 Å². The summed E-state index contributed by atoms with van der Waals surface area (Å²) in [4.78, 5) is 21.1. The molecule has 0 aromatic heterocycles. The lowest BCUT2D eigenvalue weighted by Crippen LogP contribution is -2.01. The molecule has 0 aliphatic heterocycles. The molecule has 6 nitrogen and oxygen atoms in total. The number of carboxylic acid groups (broad SMARTS) is 1. The lowest BCUT2D eigenvalue weighted by molar-refractivity contribution is -0.384. The van der Waals surface area contributed by atoms with Crippen LogP contribution in [0.1, 0.15) is 10.4 Å². The van der Waals surface area contributed by atoms with Crippen LogP contribution < -0.4 is 5.11 Å². The summed E-state index contributed by atoms with van der Waals surface area (Å²) >= 11 is 0. The van der Waals surface area contributed by atoms with E-state index < -0.39 is 10.9 Å². The van der Waals surface area contributed by atoms with Gasteiger partial charge in [-0.05, 0) is 29.3 Å². The minimum atomic E-state index is -1.16. The van der Waals surface area contributed by atoms with E-state index in [1.807, 2.05) is 0 Å². The van der Waals surface area contributed by atoms with Crippen molar-refractivity contribution in [2.24, 2.45) is 0 Å². The molecule has 1 N–H and O–H groups in total. The number of nitro benzene ring substituents is 1. The number of hydrogen-bond donors (Lipinski definition) is 1. The average molecular weight is 258 g/mol. The quantitative estimate of drug-likeness (QED) is 0.670. The SMILES string of the molecule is O=C(O)c1ccc([O-])cc1-c1ccc([N+](=O)[O-])cc1. The van der Waals surface area contributed by atoms with Gasteiger partial charge in [-0.25, -0.2) is 4.79 Å². The highest BCUT2D eigenvalue weighted by Crippen LogP contribution is 2.28. The number of rotatable bonds is 3. The summed E-state index contributed by atoms with van der Waals surface area (Å²) < 4.78 is 0. The monoisotopic (exact) mass is 258 g/mol. The summed E-state index contributed by atoms with van der Waals surface area (Å²) in [5, 5.41) is 30.9. The van der Waals surface area contributed by atoms with E-state index in [9.17, 15) is 20.0 Å². The molecular formula is C13H8NO5-. The molecule has 0 radical (unpaired) electrons.